The minimum Gasteiger partial charge on any atom is -0.415 e. The standard InChI is InChI=1S/C16H22N6O2/c1-12-9-13(3-4-18-12)11-21-5-7-22(8-6-21)16(23)15-20-19-14(24-15)10-17-2/h3-4,9,17H,5-8,10-11H2,1-2H3. The summed E-state index contributed by atoms with van der Waals surface area (Å²) in [7, 11) is 1.79. The van der Waals surface area contributed by atoms with Crippen LogP contribution >= 0.6 is 0 Å². The van der Waals surface area contributed by atoms with Gasteiger partial charge in [0.2, 0.25) is 5.89 Å². The topological polar surface area (TPSA) is 87.4 Å². The minimum atomic E-state index is -0.191. The number of aromatic nitrogens is 3. The van der Waals surface area contributed by atoms with E-state index in [0.717, 1.165) is 25.3 Å². The van der Waals surface area contributed by atoms with Crippen LogP contribution < -0.4 is 5.32 Å². The Morgan fingerprint density at radius 2 is 2.08 bits per heavy atom. The van der Waals surface area contributed by atoms with E-state index in [2.05, 4.69) is 31.5 Å². The molecule has 0 atom stereocenters. The SMILES string of the molecule is CNCc1nnc(C(=O)N2CCN(Cc3ccnc(C)c3)CC2)o1. The number of nitrogens with one attached hydrogen (secondary N) is 1. The van der Waals surface area contributed by atoms with Crippen LogP contribution in [0.25, 0.3) is 0 Å². The van der Waals surface area contributed by atoms with Gasteiger partial charge in [-0.2, -0.15) is 0 Å². The molecule has 1 fully saturated rings. The Labute approximate surface area is 140 Å². The highest BCUT2D eigenvalue weighted by Gasteiger charge is 2.26. The molecule has 1 amide bonds. The third kappa shape index (κ3) is 3.95. The number of amides is 1. The average molecular weight is 330 g/mol. The molecule has 2 aromatic heterocycles. The van der Waals surface area contributed by atoms with Crippen molar-refractivity contribution in [1.29, 1.82) is 0 Å². The fraction of sp³-hybridized carbons (Fsp3) is 0.500. The van der Waals surface area contributed by atoms with Gasteiger partial charge in [-0.15, -0.1) is 10.2 Å². The molecule has 1 saturated heterocycles. The summed E-state index contributed by atoms with van der Waals surface area (Å²) in [5.74, 6) is 0.301. The first-order valence-corrected chi connectivity index (χ1v) is 8.06. The lowest BCUT2D eigenvalue weighted by Gasteiger charge is -2.34. The fourth-order valence-corrected chi connectivity index (χ4v) is 2.77. The number of hydrogen-bond acceptors (Lipinski definition) is 7. The van der Waals surface area contributed by atoms with Crippen molar-refractivity contribution < 1.29 is 9.21 Å². The van der Waals surface area contributed by atoms with Gasteiger partial charge in [-0.1, -0.05) is 0 Å². The van der Waals surface area contributed by atoms with Crippen molar-refractivity contribution in [2.24, 2.45) is 0 Å². The number of piperazine rings is 1. The number of carbonyl (C=O) groups is 1. The Morgan fingerprint density at radius 3 is 2.79 bits per heavy atom. The molecule has 0 aromatic carbocycles. The average Bonchev–Trinajstić information content (AvgIpc) is 3.04. The second kappa shape index (κ2) is 7.50. The van der Waals surface area contributed by atoms with Crippen LogP contribution in [0.5, 0.6) is 0 Å². The predicted molar refractivity (Wildman–Crippen MR) is 87.2 cm³/mol. The molecule has 0 spiro atoms. The van der Waals surface area contributed by atoms with Crippen LogP contribution in [0.1, 0.15) is 27.8 Å². The molecule has 1 N–H and O–H groups in total. The number of pyridine rings is 1. The maximum atomic E-state index is 12.4. The molecule has 8 heteroatoms. The van der Waals surface area contributed by atoms with Gasteiger partial charge in [-0.05, 0) is 31.7 Å². The summed E-state index contributed by atoms with van der Waals surface area (Å²) in [5.41, 5.74) is 2.27. The van der Waals surface area contributed by atoms with Gasteiger partial charge < -0.3 is 14.6 Å². The Balaban J connectivity index is 1.53. The van der Waals surface area contributed by atoms with Crippen LogP contribution in [0.2, 0.25) is 0 Å². The van der Waals surface area contributed by atoms with Crippen molar-refractivity contribution in [3.05, 3.63) is 41.4 Å². The van der Waals surface area contributed by atoms with Crippen molar-refractivity contribution in [2.75, 3.05) is 33.2 Å². The normalized spacial score (nSPS) is 15.7. The second-order valence-electron chi connectivity index (χ2n) is 5.91. The van der Waals surface area contributed by atoms with E-state index in [0.29, 0.717) is 25.5 Å². The van der Waals surface area contributed by atoms with E-state index in [-0.39, 0.29) is 11.8 Å². The van der Waals surface area contributed by atoms with E-state index < -0.39 is 0 Å². The number of rotatable bonds is 5. The van der Waals surface area contributed by atoms with Crippen molar-refractivity contribution in [2.45, 2.75) is 20.0 Å². The lowest BCUT2D eigenvalue weighted by Crippen LogP contribution is -2.48. The number of hydrogen-bond donors (Lipinski definition) is 1. The molecule has 3 rings (SSSR count). The molecule has 24 heavy (non-hydrogen) atoms. The highest BCUT2D eigenvalue weighted by molar-refractivity contribution is 5.89. The molecule has 2 aromatic rings. The molecular formula is C16H22N6O2. The first-order valence-electron chi connectivity index (χ1n) is 8.06. The summed E-state index contributed by atoms with van der Waals surface area (Å²) >= 11 is 0. The molecule has 0 radical (unpaired) electrons. The van der Waals surface area contributed by atoms with Crippen LogP contribution in [-0.4, -0.2) is 64.1 Å². The van der Waals surface area contributed by atoms with E-state index >= 15 is 0 Å². The van der Waals surface area contributed by atoms with Gasteiger partial charge in [-0.3, -0.25) is 14.7 Å². The van der Waals surface area contributed by atoms with Crippen LogP contribution in [0, 0.1) is 6.92 Å². The first-order chi connectivity index (χ1) is 11.7. The van der Waals surface area contributed by atoms with Gasteiger partial charge in [0, 0.05) is 44.6 Å². The molecule has 8 nitrogen and oxygen atoms in total. The van der Waals surface area contributed by atoms with Crippen LogP contribution in [0.3, 0.4) is 0 Å². The van der Waals surface area contributed by atoms with E-state index in [1.807, 2.05) is 19.2 Å². The zero-order valence-corrected chi connectivity index (χ0v) is 14.0. The van der Waals surface area contributed by atoms with E-state index in [1.54, 1.807) is 11.9 Å². The van der Waals surface area contributed by atoms with Gasteiger partial charge in [0.25, 0.3) is 0 Å². The molecule has 0 saturated carbocycles. The van der Waals surface area contributed by atoms with Crippen molar-refractivity contribution in [1.82, 2.24) is 30.3 Å². The van der Waals surface area contributed by atoms with Crippen molar-refractivity contribution in [3.63, 3.8) is 0 Å². The number of nitrogens with zero attached hydrogens (tertiary/aromatic N) is 5. The Bertz CT molecular complexity index is 693. The van der Waals surface area contributed by atoms with E-state index in [9.17, 15) is 4.79 Å². The van der Waals surface area contributed by atoms with Gasteiger partial charge in [0.1, 0.15) is 0 Å². The molecule has 3 heterocycles. The summed E-state index contributed by atoms with van der Waals surface area (Å²) in [4.78, 5) is 20.7. The summed E-state index contributed by atoms with van der Waals surface area (Å²) < 4.78 is 5.38. The lowest BCUT2D eigenvalue weighted by atomic mass is 10.2. The highest BCUT2D eigenvalue weighted by Crippen LogP contribution is 2.11. The molecule has 1 aliphatic heterocycles. The van der Waals surface area contributed by atoms with Gasteiger partial charge in [0.05, 0.1) is 6.54 Å². The third-order valence-electron chi connectivity index (χ3n) is 4.00. The highest BCUT2D eigenvalue weighted by atomic mass is 16.4. The number of aryl methyl sites for hydroxylation is 1. The zero-order valence-electron chi connectivity index (χ0n) is 14.0. The summed E-state index contributed by atoms with van der Waals surface area (Å²) in [6, 6.07) is 4.13. The van der Waals surface area contributed by atoms with Gasteiger partial charge >= 0.3 is 11.8 Å². The van der Waals surface area contributed by atoms with Gasteiger partial charge in [0.15, 0.2) is 0 Å². The largest absolute Gasteiger partial charge is 0.415 e. The Kier molecular flexibility index (Phi) is 5.17. The van der Waals surface area contributed by atoms with Gasteiger partial charge in [-0.25, -0.2) is 0 Å². The molecule has 1 aliphatic rings. The number of carbonyl (C=O) groups excluding carboxylic acids is 1. The molecular weight excluding hydrogens is 308 g/mol. The van der Waals surface area contributed by atoms with Crippen LogP contribution in [0.4, 0.5) is 0 Å². The fourth-order valence-electron chi connectivity index (χ4n) is 2.77. The van der Waals surface area contributed by atoms with Crippen LogP contribution in [0.15, 0.2) is 22.7 Å². The molecule has 128 valence electrons. The predicted octanol–water partition coefficient (Wildman–Crippen LogP) is 0.450. The first kappa shape index (κ1) is 16.5. The maximum Gasteiger partial charge on any atom is 0.311 e. The van der Waals surface area contributed by atoms with E-state index in [4.69, 9.17) is 4.42 Å². The summed E-state index contributed by atoms with van der Waals surface area (Å²) in [6.45, 7) is 6.29. The molecule has 0 aliphatic carbocycles. The van der Waals surface area contributed by atoms with Crippen LogP contribution in [-0.2, 0) is 13.1 Å². The summed E-state index contributed by atoms with van der Waals surface area (Å²) in [6.07, 6.45) is 1.84. The Hall–Kier alpha value is -2.32. The zero-order chi connectivity index (χ0) is 16.9. The lowest BCUT2D eigenvalue weighted by molar-refractivity contribution is 0.0588. The summed E-state index contributed by atoms with van der Waals surface area (Å²) in [5, 5.41) is 10.6. The van der Waals surface area contributed by atoms with Crippen molar-refractivity contribution in [3.8, 4) is 0 Å². The quantitative estimate of drug-likeness (QED) is 0.851. The third-order valence-corrected chi connectivity index (χ3v) is 4.00. The van der Waals surface area contributed by atoms with Crippen molar-refractivity contribution >= 4 is 5.91 Å². The van der Waals surface area contributed by atoms with E-state index in [1.165, 1.54) is 5.56 Å². The Morgan fingerprint density at radius 1 is 1.29 bits per heavy atom. The minimum absolute atomic E-state index is 0.0680. The molecule has 0 unspecified atom stereocenters. The molecule has 0 bridgehead atoms. The smallest absolute Gasteiger partial charge is 0.311 e. The maximum absolute atomic E-state index is 12.4. The monoisotopic (exact) mass is 330 g/mol. The second-order valence-corrected chi connectivity index (χ2v) is 5.91.